The van der Waals surface area contributed by atoms with Gasteiger partial charge in [-0.15, -0.1) is 0 Å². The number of esters is 1. The van der Waals surface area contributed by atoms with Gasteiger partial charge in [-0.25, -0.2) is 14.8 Å². The Morgan fingerprint density at radius 3 is 2.83 bits per heavy atom. The molecule has 2 aliphatic rings. The minimum Gasteiger partial charge on any atom is -0.461 e. The first-order chi connectivity index (χ1) is 11.6. The predicted octanol–water partition coefficient (Wildman–Crippen LogP) is 2.27. The maximum atomic E-state index is 11.7. The number of ether oxygens (including phenoxy) is 1. The van der Waals surface area contributed by atoms with Crippen LogP contribution in [0.5, 0.6) is 0 Å². The molecule has 0 radical (unpaired) electrons. The summed E-state index contributed by atoms with van der Waals surface area (Å²) in [6.45, 7) is 7.14. The van der Waals surface area contributed by atoms with Gasteiger partial charge in [0.2, 0.25) is 0 Å². The van der Waals surface area contributed by atoms with Crippen LogP contribution in [-0.4, -0.2) is 40.2 Å². The Hall–Kier alpha value is -2.37. The third kappa shape index (κ3) is 2.88. The van der Waals surface area contributed by atoms with Crippen LogP contribution in [-0.2, 0) is 11.3 Å². The van der Waals surface area contributed by atoms with Crippen LogP contribution in [0.3, 0.4) is 0 Å². The number of hydrogen-bond donors (Lipinski definition) is 0. The average molecular weight is 326 g/mol. The monoisotopic (exact) mass is 326 g/mol. The molecule has 0 aromatic carbocycles. The summed E-state index contributed by atoms with van der Waals surface area (Å²) in [6, 6.07) is 4.24. The first kappa shape index (κ1) is 15.2. The van der Waals surface area contributed by atoms with E-state index in [0.717, 1.165) is 42.0 Å². The zero-order valence-electron chi connectivity index (χ0n) is 14.1. The van der Waals surface area contributed by atoms with Gasteiger partial charge in [-0.1, -0.05) is 6.07 Å². The Labute approximate surface area is 141 Å². The molecule has 2 atom stereocenters. The number of anilines is 1. The van der Waals surface area contributed by atoms with E-state index < -0.39 is 0 Å². The van der Waals surface area contributed by atoms with Gasteiger partial charge in [0.15, 0.2) is 5.69 Å². The van der Waals surface area contributed by atoms with Gasteiger partial charge in [0, 0.05) is 25.0 Å². The molecule has 2 unspecified atom stereocenters. The van der Waals surface area contributed by atoms with Crippen LogP contribution >= 0.6 is 0 Å². The number of aryl methyl sites for hydroxylation is 1. The molecule has 2 fully saturated rings. The molecule has 0 N–H and O–H groups in total. The maximum absolute atomic E-state index is 11.7. The number of rotatable bonds is 5. The van der Waals surface area contributed by atoms with Gasteiger partial charge in [0.25, 0.3) is 0 Å². The molecule has 1 saturated carbocycles. The van der Waals surface area contributed by atoms with Gasteiger partial charge in [0.05, 0.1) is 19.5 Å². The van der Waals surface area contributed by atoms with Gasteiger partial charge < -0.3 is 14.2 Å². The Morgan fingerprint density at radius 1 is 1.33 bits per heavy atom. The van der Waals surface area contributed by atoms with Crippen molar-refractivity contribution in [1.29, 1.82) is 0 Å². The summed E-state index contributed by atoms with van der Waals surface area (Å²) in [5.41, 5.74) is 2.51. The summed E-state index contributed by atoms with van der Waals surface area (Å²) in [5.74, 6) is 2.51. The number of pyridine rings is 1. The quantitative estimate of drug-likeness (QED) is 0.789. The first-order valence-corrected chi connectivity index (χ1v) is 8.54. The van der Waals surface area contributed by atoms with Crippen LogP contribution in [0.1, 0.15) is 35.1 Å². The fourth-order valence-corrected chi connectivity index (χ4v) is 3.46. The average Bonchev–Trinajstić information content (AvgIpc) is 2.98. The molecule has 2 aromatic rings. The Balaban J connectivity index is 1.45. The van der Waals surface area contributed by atoms with E-state index in [-0.39, 0.29) is 5.97 Å². The van der Waals surface area contributed by atoms with E-state index in [4.69, 9.17) is 9.72 Å². The van der Waals surface area contributed by atoms with Gasteiger partial charge in [0.1, 0.15) is 5.82 Å². The number of fused-ring (bicyclic) bond motifs is 1. The van der Waals surface area contributed by atoms with E-state index in [9.17, 15) is 4.79 Å². The van der Waals surface area contributed by atoms with Crippen molar-refractivity contribution in [3.63, 3.8) is 0 Å². The van der Waals surface area contributed by atoms with Gasteiger partial charge in [-0.05, 0) is 43.7 Å². The summed E-state index contributed by atoms with van der Waals surface area (Å²) in [6.07, 6.45) is 4.78. The second kappa shape index (κ2) is 5.92. The van der Waals surface area contributed by atoms with Crippen molar-refractivity contribution < 1.29 is 9.53 Å². The molecule has 1 aliphatic heterocycles. The molecule has 0 bridgehead atoms. The second-order valence-corrected chi connectivity index (χ2v) is 6.73. The summed E-state index contributed by atoms with van der Waals surface area (Å²) >= 11 is 0. The molecule has 6 heteroatoms. The lowest BCUT2D eigenvalue weighted by atomic mass is 10.2. The van der Waals surface area contributed by atoms with Gasteiger partial charge in [-0.2, -0.15) is 0 Å². The van der Waals surface area contributed by atoms with E-state index in [1.807, 2.05) is 11.5 Å². The molecule has 126 valence electrons. The molecule has 0 amide bonds. The van der Waals surface area contributed by atoms with Crippen molar-refractivity contribution in [2.45, 2.75) is 26.8 Å². The lowest BCUT2D eigenvalue weighted by molar-refractivity contribution is 0.0520. The summed E-state index contributed by atoms with van der Waals surface area (Å²) in [4.78, 5) is 23.0. The number of nitrogens with zero attached hydrogens (tertiary/aromatic N) is 4. The minimum atomic E-state index is -0.381. The Bertz CT molecular complexity index is 760. The fourth-order valence-electron chi connectivity index (χ4n) is 3.46. The van der Waals surface area contributed by atoms with Crippen molar-refractivity contribution in [3.05, 3.63) is 41.6 Å². The minimum absolute atomic E-state index is 0.343. The van der Waals surface area contributed by atoms with Crippen molar-refractivity contribution in [2.75, 3.05) is 24.6 Å². The molecule has 1 saturated heterocycles. The molecule has 1 aliphatic carbocycles. The standard InChI is InChI=1S/C18H22N4O2/c1-3-24-18(23)16-10-21(11-19-16)7-13-4-5-17(20-12(13)2)22-8-14-6-15(14)9-22/h4-5,10-11,14-15H,3,6-9H2,1-2H3. The number of imidazole rings is 1. The highest BCUT2D eigenvalue weighted by Crippen LogP contribution is 2.45. The lowest BCUT2D eigenvalue weighted by Crippen LogP contribution is -2.23. The van der Waals surface area contributed by atoms with E-state index in [0.29, 0.717) is 18.8 Å². The van der Waals surface area contributed by atoms with Crippen LogP contribution in [0.2, 0.25) is 0 Å². The SMILES string of the molecule is CCOC(=O)c1cn(Cc2ccc(N3CC4CC4C3)nc2C)cn1. The summed E-state index contributed by atoms with van der Waals surface area (Å²) in [5, 5.41) is 0. The van der Waals surface area contributed by atoms with Crippen molar-refractivity contribution in [1.82, 2.24) is 14.5 Å². The Morgan fingerprint density at radius 2 is 2.12 bits per heavy atom. The number of carbonyl (C=O) groups excluding carboxylic acids is 1. The smallest absolute Gasteiger partial charge is 0.358 e. The zero-order chi connectivity index (χ0) is 16.7. The van der Waals surface area contributed by atoms with Crippen LogP contribution in [0.4, 0.5) is 5.82 Å². The van der Waals surface area contributed by atoms with E-state index in [1.54, 1.807) is 19.4 Å². The van der Waals surface area contributed by atoms with E-state index in [2.05, 4.69) is 22.0 Å². The summed E-state index contributed by atoms with van der Waals surface area (Å²) in [7, 11) is 0. The van der Waals surface area contributed by atoms with Crippen LogP contribution in [0.25, 0.3) is 0 Å². The highest BCUT2D eigenvalue weighted by molar-refractivity contribution is 5.86. The molecular weight excluding hydrogens is 304 g/mol. The predicted molar refractivity (Wildman–Crippen MR) is 90.1 cm³/mol. The topological polar surface area (TPSA) is 60.2 Å². The molecule has 4 rings (SSSR count). The van der Waals surface area contributed by atoms with Crippen LogP contribution in [0.15, 0.2) is 24.7 Å². The number of hydrogen-bond acceptors (Lipinski definition) is 5. The lowest BCUT2D eigenvalue weighted by Gasteiger charge is -2.20. The zero-order valence-corrected chi connectivity index (χ0v) is 14.1. The van der Waals surface area contributed by atoms with Crippen LogP contribution < -0.4 is 4.90 Å². The summed E-state index contributed by atoms with van der Waals surface area (Å²) < 4.78 is 6.86. The van der Waals surface area contributed by atoms with E-state index >= 15 is 0 Å². The van der Waals surface area contributed by atoms with Gasteiger partial charge in [-0.3, -0.25) is 0 Å². The number of carbonyl (C=O) groups is 1. The molecular formula is C18H22N4O2. The fraction of sp³-hybridized carbons (Fsp3) is 0.500. The number of aromatic nitrogens is 3. The molecule has 24 heavy (non-hydrogen) atoms. The molecule has 6 nitrogen and oxygen atoms in total. The van der Waals surface area contributed by atoms with Crippen LogP contribution in [0, 0.1) is 18.8 Å². The van der Waals surface area contributed by atoms with Gasteiger partial charge >= 0.3 is 5.97 Å². The maximum Gasteiger partial charge on any atom is 0.358 e. The molecule has 3 heterocycles. The highest BCUT2D eigenvalue weighted by Gasteiger charge is 2.45. The van der Waals surface area contributed by atoms with Crippen molar-refractivity contribution >= 4 is 11.8 Å². The Kier molecular flexibility index (Phi) is 3.75. The second-order valence-electron chi connectivity index (χ2n) is 6.73. The molecule has 0 spiro atoms. The molecule has 2 aromatic heterocycles. The first-order valence-electron chi connectivity index (χ1n) is 8.54. The van der Waals surface area contributed by atoms with Crippen molar-refractivity contribution in [2.24, 2.45) is 11.8 Å². The highest BCUT2D eigenvalue weighted by atomic mass is 16.5. The van der Waals surface area contributed by atoms with Crippen molar-refractivity contribution in [3.8, 4) is 0 Å². The number of piperidine rings is 1. The normalized spacial score (nSPS) is 21.7. The third-order valence-electron chi connectivity index (χ3n) is 4.95. The third-order valence-corrected chi connectivity index (χ3v) is 4.95. The van der Waals surface area contributed by atoms with E-state index in [1.165, 1.54) is 6.42 Å². The largest absolute Gasteiger partial charge is 0.461 e.